The molecular weight excluding hydrogens is 402 g/mol. The highest BCUT2D eigenvalue weighted by Crippen LogP contribution is 2.21. The van der Waals surface area contributed by atoms with Gasteiger partial charge >= 0.3 is 0 Å². The Kier molecular flexibility index (Phi) is 5.42. The van der Waals surface area contributed by atoms with Crippen LogP contribution in [0.1, 0.15) is 11.1 Å². The van der Waals surface area contributed by atoms with Gasteiger partial charge in [-0.15, -0.1) is 9.19 Å². The molecule has 7 heteroatoms. The summed E-state index contributed by atoms with van der Waals surface area (Å²) in [6.45, 7) is 2.29. The number of aryl methyl sites for hydroxylation is 1. The van der Waals surface area contributed by atoms with Crippen LogP contribution in [-0.4, -0.2) is 17.6 Å². The van der Waals surface area contributed by atoms with E-state index >= 15 is 0 Å². The topological polar surface area (TPSA) is 64.3 Å². The lowest BCUT2D eigenvalue weighted by Gasteiger charge is -2.05. The lowest BCUT2D eigenvalue weighted by molar-refractivity contribution is 0.577. The molecule has 0 unspecified atom stereocenters. The van der Waals surface area contributed by atoms with Gasteiger partial charge in [-0.1, -0.05) is 89.7 Å². The van der Waals surface area contributed by atoms with E-state index in [2.05, 4.69) is 10.1 Å². The summed E-state index contributed by atoms with van der Waals surface area (Å²) in [4.78, 5) is 5.10. The van der Waals surface area contributed by atoms with Crippen molar-refractivity contribution >= 4 is 21.4 Å². The highest BCUT2D eigenvalue weighted by atomic mass is 32.2. The summed E-state index contributed by atoms with van der Waals surface area (Å²) >= 11 is 1.26. The van der Waals surface area contributed by atoms with Gasteiger partial charge in [0.25, 0.3) is 10.0 Å². The van der Waals surface area contributed by atoms with Crippen molar-refractivity contribution in [3.63, 3.8) is 0 Å². The lowest BCUT2D eigenvalue weighted by Crippen LogP contribution is -2.25. The van der Waals surface area contributed by atoms with Gasteiger partial charge in [0.1, 0.15) is 5.01 Å². The zero-order chi connectivity index (χ0) is 20.3. The average molecular weight is 422 g/mol. The molecule has 0 saturated carbocycles. The van der Waals surface area contributed by atoms with E-state index in [1.54, 1.807) is 24.3 Å². The maximum absolute atomic E-state index is 13.3. The molecule has 0 fully saturated rings. The zero-order valence-electron chi connectivity index (χ0n) is 15.8. The van der Waals surface area contributed by atoms with Crippen molar-refractivity contribution < 1.29 is 8.42 Å². The van der Waals surface area contributed by atoms with E-state index in [4.69, 9.17) is 0 Å². The summed E-state index contributed by atoms with van der Waals surface area (Å²) < 4.78 is 27.6. The van der Waals surface area contributed by atoms with E-state index in [1.807, 2.05) is 67.6 Å². The molecule has 4 aromatic rings. The summed E-state index contributed by atoms with van der Waals surface area (Å²) in [5.41, 5.74) is 2.85. The van der Waals surface area contributed by atoms with Gasteiger partial charge in [0, 0.05) is 5.56 Å². The Balaban J connectivity index is 1.85. The molecule has 0 amide bonds. The molecule has 0 spiro atoms. The third kappa shape index (κ3) is 4.21. The summed E-state index contributed by atoms with van der Waals surface area (Å²) in [7, 11) is -3.86. The van der Waals surface area contributed by atoms with Crippen LogP contribution >= 0.6 is 11.3 Å². The highest BCUT2D eigenvalue weighted by Gasteiger charge is 2.22. The van der Waals surface area contributed by atoms with Crippen LogP contribution in [0, 0.1) is 6.92 Å². The molecule has 0 radical (unpaired) electrons. The molecule has 0 aliphatic heterocycles. The van der Waals surface area contributed by atoms with E-state index in [1.165, 1.54) is 11.3 Å². The van der Waals surface area contributed by atoms with Gasteiger partial charge in [0.15, 0.2) is 0 Å². The molecule has 29 heavy (non-hydrogen) atoms. The van der Waals surface area contributed by atoms with Gasteiger partial charge in [-0.3, -0.25) is 4.99 Å². The van der Waals surface area contributed by atoms with Crippen LogP contribution in [0.2, 0.25) is 0 Å². The summed E-state index contributed by atoms with van der Waals surface area (Å²) in [6.07, 6.45) is 0. The van der Waals surface area contributed by atoms with Crippen LogP contribution in [0.4, 0.5) is 0 Å². The quantitative estimate of drug-likeness (QED) is 0.484. The Morgan fingerprint density at radius 1 is 0.897 bits per heavy atom. The van der Waals surface area contributed by atoms with Crippen LogP contribution in [0.25, 0.3) is 10.6 Å². The molecule has 3 aromatic carbocycles. The van der Waals surface area contributed by atoms with Crippen molar-refractivity contribution in [2.45, 2.75) is 18.4 Å². The van der Waals surface area contributed by atoms with Gasteiger partial charge in [-0.2, -0.15) is 8.42 Å². The molecule has 4 rings (SSSR count). The largest absolute Gasteiger partial charge is 0.285 e. The number of aromatic nitrogens is 2. The molecule has 1 aromatic heterocycles. The number of hydrogen-bond acceptors (Lipinski definition) is 5. The fourth-order valence-electron chi connectivity index (χ4n) is 2.77. The molecule has 5 nitrogen and oxygen atoms in total. The monoisotopic (exact) mass is 421 g/mol. The second-order valence-corrected chi connectivity index (χ2v) is 9.24. The minimum absolute atomic E-state index is 0.189. The van der Waals surface area contributed by atoms with Gasteiger partial charge < -0.3 is 0 Å². The standard InChI is InChI=1S/C22H19N3O2S2/c1-17-12-14-20(15-13-17)29(26,27)25-22(23-16-18-8-4-2-5-9-18)28-21(24-25)19-10-6-3-7-11-19/h2-15H,16H2,1H3. The molecule has 146 valence electrons. The van der Waals surface area contributed by atoms with Gasteiger partial charge in [0.2, 0.25) is 4.80 Å². The Morgan fingerprint density at radius 3 is 2.17 bits per heavy atom. The minimum atomic E-state index is -3.86. The van der Waals surface area contributed by atoms with Crippen molar-refractivity contribution in [1.82, 2.24) is 9.19 Å². The first kappa shape index (κ1) is 19.3. The number of benzene rings is 3. The van der Waals surface area contributed by atoms with E-state index in [9.17, 15) is 8.42 Å². The van der Waals surface area contributed by atoms with Crippen LogP contribution < -0.4 is 4.80 Å². The van der Waals surface area contributed by atoms with Crippen molar-refractivity contribution in [2.24, 2.45) is 4.99 Å². The van der Waals surface area contributed by atoms with Crippen molar-refractivity contribution in [2.75, 3.05) is 0 Å². The summed E-state index contributed by atoms with van der Waals surface area (Å²) in [6, 6.07) is 26.0. The van der Waals surface area contributed by atoms with Crippen LogP contribution in [0.3, 0.4) is 0 Å². The molecule has 0 bridgehead atoms. The number of nitrogens with zero attached hydrogens (tertiary/aromatic N) is 3. The van der Waals surface area contributed by atoms with E-state index in [0.717, 1.165) is 20.8 Å². The molecule has 0 N–H and O–H groups in total. The number of hydrogen-bond donors (Lipinski definition) is 0. The van der Waals surface area contributed by atoms with Gasteiger partial charge in [-0.05, 0) is 24.6 Å². The SMILES string of the molecule is Cc1ccc(S(=O)(=O)n2nc(-c3ccccc3)sc2=NCc2ccccc2)cc1. The van der Waals surface area contributed by atoms with Crippen molar-refractivity contribution in [3.8, 4) is 10.6 Å². The van der Waals surface area contributed by atoms with Crippen LogP contribution in [0.15, 0.2) is 94.8 Å². The molecule has 1 heterocycles. The normalized spacial score (nSPS) is 12.2. The molecule has 0 aliphatic carbocycles. The Morgan fingerprint density at radius 2 is 1.52 bits per heavy atom. The second-order valence-electron chi connectivity index (χ2n) is 6.52. The molecular formula is C22H19N3O2S2. The Labute approximate surface area is 173 Å². The predicted molar refractivity (Wildman–Crippen MR) is 115 cm³/mol. The minimum Gasteiger partial charge on any atom is -0.252 e. The second kappa shape index (κ2) is 8.14. The van der Waals surface area contributed by atoms with Crippen molar-refractivity contribution in [3.05, 3.63) is 101 Å². The maximum atomic E-state index is 13.3. The van der Waals surface area contributed by atoms with Crippen molar-refractivity contribution in [1.29, 1.82) is 0 Å². The number of rotatable bonds is 5. The average Bonchev–Trinajstić information content (AvgIpc) is 3.19. The summed E-state index contributed by atoms with van der Waals surface area (Å²) in [5.74, 6) is 0. The molecule has 0 atom stereocenters. The highest BCUT2D eigenvalue weighted by molar-refractivity contribution is 7.90. The van der Waals surface area contributed by atoms with Gasteiger partial charge in [-0.25, -0.2) is 0 Å². The molecule has 0 aliphatic rings. The van der Waals surface area contributed by atoms with Crippen LogP contribution in [-0.2, 0) is 16.6 Å². The predicted octanol–water partition coefficient (Wildman–Crippen LogP) is 4.26. The van der Waals surface area contributed by atoms with E-state index < -0.39 is 10.0 Å². The van der Waals surface area contributed by atoms with E-state index in [0.29, 0.717) is 16.4 Å². The zero-order valence-corrected chi connectivity index (χ0v) is 17.4. The maximum Gasteiger partial charge on any atom is 0.285 e. The molecule has 0 saturated heterocycles. The smallest absolute Gasteiger partial charge is 0.252 e. The fraction of sp³-hybridized carbons (Fsp3) is 0.0909. The first-order valence-electron chi connectivity index (χ1n) is 9.06. The first-order chi connectivity index (χ1) is 14.0. The van der Waals surface area contributed by atoms with E-state index in [-0.39, 0.29) is 4.90 Å². The third-order valence-corrected chi connectivity index (χ3v) is 7.03. The van der Waals surface area contributed by atoms with Gasteiger partial charge in [0.05, 0.1) is 11.4 Å². The lowest BCUT2D eigenvalue weighted by atomic mass is 10.2. The fourth-order valence-corrected chi connectivity index (χ4v) is 5.16. The Hall–Kier alpha value is -3.03. The summed E-state index contributed by atoms with van der Waals surface area (Å²) in [5, 5.41) is 5.02. The Bertz CT molecular complexity index is 1280. The van der Waals surface area contributed by atoms with Crippen LogP contribution in [0.5, 0.6) is 0 Å². The first-order valence-corrected chi connectivity index (χ1v) is 11.3. The third-order valence-electron chi connectivity index (χ3n) is 4.34.